The molecule has 0 aliphatic heterocycles. The fourth-order valence-corrected chi connectivity index (χ4v) is 4.12. The first-order valence-corrected chi connectivity index (χ1v) is 9.13. The highest BCUT2D eigenvalue weighted by molar-refractivity contribution is 6.20. The van der Waals surface area contributed by atoms with Crippen molar-refractivity contribution in [1.29, 1.82) is 0 Å². The van der Waals surface area contributed by atoms with E-state index in [0.29, 0.717) is 0 Å². The molecule has 0 bridgehead atoms. The molecule has 26 heavy (non-hydrogen) atoms. The van der Waals surface area contributed by atoms with Crippen molar-refractivity contribution in [3.8, 4) is 11.1 Å². The van der Waals surface area contributed by atoms with Crippen molar-refractivity contribution in [2.45, 2.75) is 13.8 Å². The molecule has 0 N–H and O–H groups in total. The van der Waals surface area contributed by atoms with Crippen LogP contribution in [0.3, 0.4) is 0 Å². The molecular weight excluding hydrogens is 312 g/mol. The van der Waals surface area contributed by atoms with E-state index >= 15 is 0 Å². The molecule has 0 nitrogen and oxygen atoms in total. The van der Waals surface area contributed by atoms with Gasteiger partial charge in [-0.25, -0.2) is 0 Å². The summed E-state index contributed by atoms with van der Waals surface area (Å²) in [6, 6.07) is 31.1. The molecule has 0 aliphatic rings. The zero-order valence-electron chi connectivity index (χ0n) is 15.1. The molecule has 124 valence electrons. The zero-order chi connectivity index (χ0) is 17.7. The average Bonchev–Trinajstić information content (AvgIpc) is 2.68. The molecule has 0 aliphatic carbocycles. The monoisotopic (exact) mass is 332 g/mol. The first kappa shape index (κ1) is 15.2. The summed E-state index contributed by atoms with van der Waals surface area (Å²) in [6.07, 6.45) is 0. The minimum Gasteiger partial charge on any atom is -0.0616 e. The lowest BCUT2D eigenvalue weighted by molar-refractivity contribution is 1.47. The van der Waals surface area contributed by atoms with Crippen molar-refractivity contribution >= 4 is 32.3 Å². The molecule has 0 heteroatoms. The van der Waals surface area contributed by atoms with Crippen LogP contribution in [0.1, 0.15) is 11.1 Å². The van der Waals surface area contributed by atoms with Gasteiger partial charge >= 0.3 is 0 Å². The van der Waals surface area contributed by atoms with Crippen LogP contribution < -0.4 is 0 Å². The number of hydrogen-bond acceptors (Lipinski definition) is 0. The zero-order valence-corrected chi connectivity index (χ0v) is 15.1. The first-order chi connectivity index (χ1) is 12.7. The highest BCUT2D eigenvalue weighted by atomic mass is 14.2. The summed E-state index contributed by atoms with van der Waals surface area (Å²) in [6.45, 7) is 4.36. The fourth-order valence-electron chi connectivity index (χ4n) is 4.12. The molecule has 5 aromatic rings. The van der Waals surface area contributed by atoms with Gasteiger partial charge < -0.3 is 0 Å². The van der Waals surface area contributed by atoms with E-state index in [1.807, 2.05) is 0 Å². The van der Waals surface area contributed by atoms with E-state index in [4.69, 9.17) is 0 Å². The third-order valence-electron chi connectivity index (χ3n) is 5.43. The van der Waals surface area contributed by atoms with Gasteiger partial charge in [0.1, 0.15) is 0 Å². The molecule has 0 aromatic heterocycles. The van der Waals surface area contributed by atoms with Crippen LogP contribution in [0.4, 0.5) is 0 Å². The Balaban J connectivity index is 2.04. The number of hydrogen-bond donors (Lipinski definition) is 0. The van der Waals surface area contributed by atoms with Crippen LogP contribution in [0.2, 0.25) is 0 Å². The SMILES string of the molecule is Cc1ccc(-c2c3ccccc3cc3c2cc(C)c2ccccc23)cc1. The Kier molecular flexibility index (Phi) is 3.33. The molecule has 0 saturated heterocycles. The predicted octanol–water partition coefficient (Wildman–Crippen LogP) is 7.43. The molecule has 0 amide bonds. The summed E-state index contributed by atoms with van der Waals surface area (Å²) in [5, 5.41) is 7.96. The number of fused-ring (bicyclic) bond motifs is 4. The highest BCUT2D eigenvalue weighted by Gasteiger charge is 2.13. The maximum atomic E-state index is 2.36. The summed E-state index contributed by atoms with van der Waals surface area (Å²) in [7, 11) is 0. The molecule has 5 rings (SSSR count). The standard InChI is InChI=1S/C26H20/c1-17-11-13-19(14-12-17)26-22-9-4-3-7-20(22)16-24-23-10-6-5-8-21(23)18(2)15-25(24)26/h3-16H,1-2H3. The summed E-state index contributed by atoms with van der Waals surface area (Å²) < 4.78 is 0. The van der Waals surface area contributed by atoms with Crippen molar-refractivity contribution in [2.75, 3.05) is 0 Å². The highest BCUT2D eigenvalue weighted by Crippen LogP contribution is 2.40. The Morgan fingerprint density at radius 1 is 0.500 bits per heavy atom. The molecule has 5 aromatic carbocycles. The molecule has 0 heterocycles. The van der Waals surface area contributed by atoms with Crippen LogP contribution in [-0.4, -0.2) is 0 Å². The molecule has 0 saturated carbocycles. The summed E-state index contributed by atoms with van der Waals surface area (Å²) in [5.41, 5.74) is 5.25. The molecule has 0 spiro atoms. The Bertz CT molecular complexity index is 1270. The van der Waals surface area contributed by atoms with Gasteiger partial charge in [-0.15, -0.1) is 0 Å². The third-order valence-corrected chi connectivity index (χ3v) is 5.43. The van der Waals surface area contributed by atoms with Crippen LogP contribution >= 0.6 is 0 Å². The van der Waals surface area contributed by atoms with Crippen molar-refractivity contribution < 1.29 is 0 Å². The predicted molar refractivity (Wildman–Crippen MR) is 114 cm³/mol. The van der Waals surface area contributed by atoms with E-state index in [1.165, 1.54) is 54.6 Å². The van der Waals surface area contributed by atoms with Crippen LogP contribution in [0.25, 0.3) is 43.4 Å². The van der Waals surface area contributed by atoms with Crippen molar-refractivity contribution in [3.63, 3.8) is 0 Å². The third kappa shape index (κ3) is 2.23. The lowest BCUT2D eigenvalue weighted by Crippen LogP contribution is -1.89. The second-order valence-electron chi connectivity index (χ2n) is 7.17. The van der Waals surface area contributed by atoms with Gasteiger partial charge in [0.2, 0.25) is 0 Å². The van der Waals surface area contributed by atoms with Crippen molar-refractivity contribution in [3.05, 3.63) is 96.1 Å². The summed E-state index contributed by atoms with van der Waals surface area (Å²) >= 11 is 0. The molecule has 0 atom stereocenters. The van der Waals surface area contributed by atoms with Crippen LogP contribution in [0.15, 0.2) is 84.9 Å². The number of benzene rings is 5. The maximum absolute atomic E-state index is 2.36. The lowest BCUT2D eigenvalue weighted by Gasteiger charge is -2.15. The van der Waals surface area contributed by atoms with E-state index < -0.39 is 0 Å². The smallest absolute Gasteiger partial charge is 0.00265 e. The number of aryl methyl sites for hydroxylation is 2. The van der Waals surface area contributed by atoms with Crippen LogP contribution in [0, 0.1) is 13.8 Å². The summed E-state index contributed by atoms with van der Waals surface area (Å²) in [5.74, 6) is 0. The van der Waals surface area contributed by atoms with Gasteiger partial charge in [0, 0.05) is 0 Å². The second-order valence-corrected chi connectivity index (χ2v) is 7.17. The largest absolute Gasteiger partial charge is 0.0616 e. The minimum absolute atomic E-state index is 1.28. The Morgan fingerprint density at radius 2 is 1.15 bits per heavy atom. The maximum Gasteiger partial charge on any atom is -0.00265 e. The van der Waals surface area contributed by atoms with Gasteiger partial charge in [0.05, 0.1) is 0 Å². The topological polar surface area (TPSA) is 0 Å². The van der Waals surface area contributed by atoms with Gasteiger partial charge in [-0.05, 0) is 68.9 Å². The number of rotatable bonds is 1. The molecule has 0 radical (unpaired) electrons. The lowest BCUT2D eigenvalue weighted by atomic mass is 9.88. The fraction of sp³-hybridized carbons (Fsp3) is 0.0769. The van der Waals surface area contributed by atoms with Gasteiger partial charge in [-0.1, -0.05) is 84.4 Å². The van der Waals surface area contributed by atoms with E-state index in [0.717, 1.165) is 0 Å². The Hall–Kier alpha value is -3.12. The first-order valence-electron chi connectivity index (χ1n) is 9.13. The Labute approximate surface area is 153 Å². The van der Waals surface area contributed by atoms with Gasteiger partial charge in [0.25, 0.3) is 0 Å². The quantitative estimate of drug-likeness (QED) is 0.221. The van der Waals surface area contributed by atoms with Crippen LogP contribution in [0.5, 0.6) is 0 Å². The van der Waals surface area contributed by atoms with Crippen molar-refractivity contribution in [2.24, 2.45) is 0 Å². The Morgan fingerprint density at radius 3 is 1.92 bits per heavy atom. The van der Waals surface area contributed by atoms with E-state index in [-0.39, 0.29) is 0 Å². The average molecular weight is 332 g/mol. The molecule has 0 fully saturated rings. The van der Waals surface area contributed by atoms with Crippen molar-refractivity contribution in [1.82, 2.24) is 0 Å². The van der Waals surface area contributed by atoms with Gasteiger partial charge in [-0.2, -0.15) is 0 Å². The van der Waals surface area contributed by atoms with E-state index in [1.54, 1.807) is 0 Å². The van der Waals surface area contributed by atoms with E-state index in [2.05, 4.69) is 98.8 Å². The second kappa shape index (κ2) is 5.71. The van der Waals surface area contributed by atoms with Gasteiger partial charge in [-0.3, -0.25) is 0 Å². The molecule has 0 unspecified atom stereocenters. The minimum atomic E-state index is 1.28. The van der Waals surface area contributed by atoms with Gasteiger partial charge in [0.15, 0.2) is 0 Å². The molecular formula is C26H20. The summed E-state index contributed by atoms with van der Waals surface area (Å²) in [4.78, 5) is 0. The van der Waals surface area contributed by atoms with E-state index in [9.17, 15) is 0 Å². The normalized spacial score (nSPS) is 11.5. The van der Waals surface area contributed by atoms with Crippen LogP contribution in [-0.2, 0) is 0 Å².